The number of thioether (sulfide) groups is 1. The highest BCUT2D eigenvalue weighted by atomic mass is 32.2. The van der Waals surface area contributed by atoms with Crippen LogP contribution in [0.1, 0.15) is 31.2 Å². The van der Waals surface area contributed by atoms with Gasteiger partial charge in [-0.05, 0) is 49.6 Å². The fourth-order valence-corrected chi connectivity index (χ4v) is 3.08. The molecule has 0 heterocycles. The highest BCUT2D eigenvalue weighted by molar-refractivity contribution is 7.98. The maximum absolute atomic E-state index is 9.49. The van der Waals surface area contributed by atoms with Gasteiger partial charge >= 0.3 is 0 Å². The Morgan fingerprint density at radius 3 is 2.68 bits per heavy atom. The van der Waals surface area contributed by atoms with E-state index in [0.29, 0.717) is 6.04 Å². The van der Waals surface area contributed by atoms with Crippen LogP contribution in [-0.2, 0) is 6.54 Å². The van der Waals surface area contributed by atoms with Crippen molar-refractivity contribution in [3.8, 4) is 5.75 Å². The Morgan fingerprint density at radius 2 is 2.05 bits per heavy atom. The number of hydrogen-bond donors (Lipinski definition) is 2. The Balaban J connectivity index is 1.89. The lowest BCUT2D eigenvalue weighted by atomic mass is 9.93. The topological polar surface area (TPSA) is 41.5 Å². The quantitative estimate of drug-likeness (QED) is 0.814. The predicted octanol–water partition coefficient (Wildman–Crippen LogP) is 2.81. The van der Waals surface area contributed by atoms with Gasteiger partial charge < -0.3 is 15.2 Å². The van der Waals surface area contributed by atoms with Crippen LogP contribution in [-0.4, -0.2) is 30.6 Å². The average molecular weight is 281 g/mol. The third kappa shape index (κ3) is 4.13. The number of methoxy groups -OCH3 is 1. The Labute approximate surface area is 119 Å². The summed E-state index contributed by atoms with van der Waals surface area (Å²) in [5.41, 5.74) is 1.25. The van der Waals surface area contributed by atoms with Crippen LogP contribution in [0, 0.1) is 0 Å². The molecular weight excluding hydrogens is 258 g/mol. The Morgan fingerprint density at radius 1 is 1.32 bits per heavy atom. The summed E-state index contributed by atoms with van der Waals surface area (Å²) in [6.07, 6.45) is 5.96. The smallest absolute Gasteiger partial charge is 0.132 e. The number of aliphatic hydroxyl groups is 1. The van der Waals surface area contributed by atoms with Gasteiger partial charge in [0.2, 0.25) is 0 Å². The molecule has 1 aromatic rings. The van der Waals surface area contributed by atoms with Crippen LogP contribution in [0.5, 0.6) is 5.75 Å². The molecule has 3 nitrogen and oxygen atoms in total. The lowest BCUT2D eigenvalue weighted by Gasteiger charge is -2.26. The van der Waals surface area contributed by atoms with E-state index in [1.54, 1.807) is 18.9 Å². The molecular formula is C15H23NO2S. The van der Waals surface area contributed by atoms with Gasteiger partial charge in [-0.2, -0.15) is 0 Å². The summed E-state index contributed by atoms with van der Waals surface area (Å²) in [5.74, 6) is 0.950. The minimum Gasteiger partial charge on any atom is -0.496 e. The van der Waals surface area contributed by atoms with Gasteiger partial charge in [-0.25, -0.2) is 0 Å². The standard InChI is InChI=1S/C15H23NO2S/c1-18-14-9-11(3-8-15(14)19-2)10-16-12-4-6-13(17)7-5-12/h3,8-9,12-13,16-17H,4-7,10H2,1-2H3. The summed E-state index contributed by atoms with van der Waals surface area (Å²) in [6, 6.07) is 6.91. The SMILES string of the molecule is COc1cc(CNC2CCC(O)CC2)ccc1SC. The van der Waals surface area contributed by atoms with Gasteiger partial charge in [0.25, 0.3) is 0 Å². The van der Waals surface area contributed by atoms with Crippen molar-refractivity contribution in [2.45, 2.75) is 49.3 Å². The first kappa shape index (κ1) is 14.7. The van der Waals surface area contributed by atoms with E-state index in [4.69, 9.17) is 4.74 Å². The van der Waals surface area contributed by atoms with Gasteiger partial charge in [-0.3, -0.25) is 0 Å². The van der Waals surface area contributed by atoms with E-state index in [1.807, 2.05) is 0 Å². The molecule has 1 aromatic carbocycles. The average Bonchev–Trinajstić information content (AvgIpc) is 2.46. The summed E-state index contributed by atoms with van der Waals surface area (Å²) in [4.78, 5) is 1.17. The van der Waals surface area contributed by atoms with Gasteiger partial charge in [0.05, 0.1) is 13.2 Å². The first-order valence-corrected chi connectivity index (χ1v) is 8.07. The van der Waals surface area contributed by atoms with Crippen LogP contribution >= 0.6 is 11.8 Å². The van der Waals surface area contributed by atoms with Crippen molar-refractivity contribution in [3.05, 3.63) is 23.8 Å². The lowest BCUT2D eigenvalue weighted by Crippen LogP contribution is -2.34. The molecule has 0 saturated heterocycles. The molecule has 2 rings (SSSR count). The number of benzene rings is 1. The molecule has 1 saturated carbocycles. The second-order valence-electron chi connectivity index (χ2n) is 5.08. The van der Waals surface area contributed by atoms with Crippen molar-refractivity contribution >= 4 is 11.8 Å². The zero-order valence-electron chi connectivity index (χ0n) is 11.7. The number of aliphatic hydroxyl groups excluding tert-OH is 1. The molecule has 0 spiro atoms. The van der Waals surface area contributed by atoms with Crippen molar-refractivity contribution in [1.29, 1.82) is 0 Å². The van der Waals surface area contributed by atoms with Gasteiger partial charge in [0.15, 0.2) is 0 Å². The Kier molecular flexibility index (Phi) is 5.55. The third-order valence-corrected chi connectivity index (χ3v) is 4.52. The van der Waals surface area contributed by atoms with Crippen LogP contribution in [0.15, 0.2) is 23.1 Å². The van der Waals surface area contributed by atoms with Gasteiger partial charge in [-0.1, -0.05) is 6.07 Å². The first-order valence-electron chi connectivity index (χ1n) is 6.85. The fraction of sp³-hybridized carbons (Fsp3) is 0.600. The summed E-state index contributed by atoms with van der Waals surface area (Å²) in [7, 11) is 1.72. The van der Waals surface area contributed by atoms with E-state index >= 15 is 0 Å². The maximum Gasteiger partial charge on any atom is 0.132 e. The zero-order valence-corrected chi connectivity index (χ0v) is 12.5. The van der Waals surface area contributed by atoms with Crippen LogP contribution in [0.2, 0.25) is 0 Å². The fourth-order valence-electron chi connectivity index (χ4n) is 2.53. The number of hydrogen-bond acceptors (Lipinski definition) is 4. The lowest BCUT2D eigenvalue weighted by molar-refractivity contribution is 0.116. The molecule has 4 heteroatoms. The second kappa shape index (κ2) is 7.17. The Hall–Kier alpha value is -0.710. The molecule has 0 aromatic heterocycles. The van der Waals surface area contributed by atoms with Gasteiger partial charge in [0, 0.05) is 17.5 Å². The molecule has 0 aliphatic heterocycles. The molecule has 0 amide bonds. The van der Waals surface area contributed by atoms with E-state index < -0.39 is 0 Å². The third-order valence-electron chi connectivity index (χ3n) is 3.74. The number of rotatable bonds is 5. The van der Waals surface area contributed by atoms with E-state index in [2.05, 4.69) is 29.8 Å². The van der Waals surface area contributed by atoms with Gasteiger partial charge in [0.1, 0.15) is 5.75 Å². The van der Waals surface area contributed by atoms with Crippen LogP contribution in [0.4, 0.5) is 0 Å². The van der Waals surface area contributed by atoms with Crippen molar-refractivity contribution in [2.24, 2.45) is 0 Å². The minimum absolute atomic E-state index is 0.0843. The van der Waals surface area contributed by atoms with Gasteiger partial charge in [-0.15, -0.1) is 11.8 Å². The molecule has 19 heavy (non-hydrogen) atoms. The van der Waals surface area contributed by atoms with Crippen LogP contribution in [0.3, 0.4) is 0 Å². The molecule has 1 aliphatic rings. The monoisotopic (exact) mass is 281 g/mol. The first-order chi connectivity index (χ1) is 9.22. The number of nitrogens with one attached hydrogen (secondary N) is 1. The molecule has 0 bridgehead atoms. The van der Waals surface area contributed by atoms with Crippen LogP contribution < -0.4 is 10.1 Å². The molecule has 1 fully saturated rings. The van der Waals surface area contributed by atoms with E-state index in [0.717, 1.165) is 38.0 Å². The highest BCUT2D eigenvalue weighted by Crippen LogP contribution is 2.28. The van der Waals surface area contributed by atoms with Crippen molar-refractivity contribution < 1.29 is 9.84 Å². The molecule has 0 radical (unpaired) electrons. The summed E-state index contributed by atoms with van der Waals surface area (Å²) < 4.78 is 5.40. The van der Waals surface area contributed by atoms with Crippen molar-refractivity contribution in [1.82, 2.24) is 5.32 Å². The summed E-state index contributed by atoms with van der Waals surface area (Å²) >= 11 is 1.70. The van der Waals surface area contributed by atoms with E-state index in [9.17, 15) is 5.11 Å². The molecule has 0 unspecified atom stereocenters. The molecule has 0 atom stereocenters. The summed E-state index contributed by atoms with van der Waals surface area (Å²) in [6.45, 7) is 0.867. The molecule has 1 aliphatic carbocycles. The minimum atomic E-state index is -0.0843. The normalized spacial score (nSPS) is 23.3. The summed E-state index contributed by atoms with van der Waals surface area (Å²) in [5, 5.41) is 13.1. The van der Waals surface area contributed by atoms with Crippen LogP contribution in [0.25, 0.3) is 0 Å². The van der Waals surface area contributed by atoms with Crippen molar-refractivity contribution in [2.75, 3.05) is 13.4 Å². The van der Waals surface area contributed by atoms with Crippen molar-refractivity contribution in [3.63, 3.8) is 0 Å². The zero-order chi connectivity index (χ0) is 13.7. The molecule has 106 valence electrons. The van der Waals surface area contributed by atoms with E-state index in [1.165, 1.54) is 10.5 Å². The largest absolute Gasteiger partial charge is 0.496 e. The molecule has 2 N–H and O–H groups in total. The second-order valence-corrected chi connectivity index (χ2v) is 5.92. The maximum atomic E-state index is 9.49. The predicted molar refractivity (Wildman–Crippen MR) is 79.9 cm³/mol. The van der Waals surface area contributed by atoms with E-state index in [-0.39, 0.29) is 6.10 Å². The number of ether oxygens (including phenoxy) is 1. The Bertz CT molecular complexity index is 403. The highest BCUT2D eigenvalue weighted by Gasteiger charge is 2.18.